The molecule has 13 heteroatoms. The van der Waals surface area contributed by atoms with E-state index in [4.69, 9.17) is 0 Å². The summed E-state index contributed by atoms with van der Waals surface area (Å²) in [6, 6.07) is 12.1. The second-order valence-electron chi connectivity index (χ2n) is 9.22. The van der Waals surface area contributed by atoms with Gasteiger partial charge in [-0.05, 0) is 35.7 Å². The lowest BCUT2D eigenvalue weighted by atomic mass is 9.79. The Labute approximate surface area is 218 Å². The second-order valence-corrected chi connectivity index (χ2v) is 10.2. The summed E-state index contributed by atoms with van der Waals surface area (Å²) in [5.74, 6) is -3.10. The van der Waals surface area contributed by atoms with Gasteiger partial charge in [0, 0.05) is 38.2 Å². The van der Waals surface area contributed by atoms with Crippen LogP contribution in [0, 0.1) is 0 Å². The van der Waals surface area contributed by atoms with Gasteiger partial charge in [-0.1, -0.05) is 40.8 Å². The SMILES string of the molecule is CNC(=O)C(c1ccc2sc(=O)[nH]c2c1)[C@H](CN1CC[C@H](O)C1)c1cccc(-c2noc(C(F)(F)F)n2)c1. The van der Waals surface area contributed by atoms with Crippen LogP contribution in [0.15, 0.2) is 51.8 Å². The molecule has 4 aromatic rings. The zero-order valence-corrected chi connectivity index (χ0v) is 21.0. The molecule has 1 fully saturated rings. The normalized spacial score (nSPS) is 18.1. The lowest BCUT2D eigenvalue weighted by Gasteiger charge is -2.31. The summed E-state index contributed by atoms with van der Waals surface area (Å²) in [7, 11) is 1.53. The van der Waals surface area contributed by atoms with Gasteiger partial charge in [-0.15, -0.1) is 0 Å². The maximum atomic E-state index is 13.4. The number of thiazole rings is 1. The van der Waals surface area contributed by atoms with Crippen molar-refractivity contribution < 1.29 is 27.6 Å². The summed E-state index contributed by atoms with van der Waals surface area (Å²) in [6.45, 7) is 1.47. The number of fused-ring (bicyclic) bond motifs is 1. The van der Waals surface area contributed by atoms with Gasteiger partial charge in [0.1, 0.15) is 0 Å². The number of β-amino-alcohol motifs (C(OH)–C–C–N with tert-alkyl or cyclic N) is 1. The molecule has 5 rings (SSSR count). The summed E-state index contributed by atoms with van der Waals surface area (Å²) in [4.78, 5) is 33.4. The second kappa shape index (κ2) is 10.3. The summed E-state index contributed by atoms with van der Waals surface area (Å²) < 4.78 is 44.2. The first-order valence-corrected chi connectivity index (χ1v) is 12.7. The molecule has 0 bridgehead atoms. The number of aliphatic hydroxyl groups is 1. The minimum atomic E-state index is -4.77. The Morgan fingerprint density at radius 1 is 1.29 bits per heavy atom. The molecule has 1 aliphatic heterocycles. The van der Waals surface area contributed by atoms with Crippen LogP contribution < -0.4 is 10.2 Å². The Balaban J connectivity index is 1.59. The standard InChI is InChI=1S/C25H24F3N5O4S/c1-29-22(35)20(14-5-6-19-18(10-14)30-24(36)38-19)17(12-33-8-7-16(34)11-33)13-3-2-4-15(9-13)21-31-23(37-32-21)25(26,27)28/h2-6,9-10,16-17,20,34H,7-8,11-12H2,1H3,(H,29,35)(H,30,36)/t16-,17+,20?/m0/s1. The molecular weight excluding hydrogens is 523 g/mol. The zero-order valence-electron chi connectivity index (χ0n) is 20.2. The van der Waals surface area contributed by atoms with Gasteiger partial charge in [-0.2, -0.15) is 18.2 Å². The molecule has 200 valence electrons. The Bertz CT molecular complexity index is 1510. The van der Waals surface area contributed by atoms with E-state index in [9.17, 15) is 27.9 Å². The van der Waals surface area contributed by atoms with Crippen LogP contribution in [0.1, 0.15) is 35.3 Å². The number of nitrogens with zero attached hydrogens (tertiary/aromatic N) is 3. The Morgan fingerprint density at radius 2 is 2.11 bits per heavy atom. The van der Waals surface area contributed by atoms with E-state index < -0.39 is 30.0 Å². The van der Waals surface area contributed by atoms with Crippen LogP contribution in [0.5, 0.6) is 0 Å². The van der Waals surface area contributed by atoms with Gasteiger partial charge in [-0.25, -0.2) is 0 Å². The molecule has 2 aromatic heterocycles. The number of carbonyl (C=O) groups excluding carboxylic acids is 1. The molecule has 0 spiro atoms. The van der Waals surface area contributed by atoms with Crippen LogP contribution in [0.25, 0.3) is 21.6 Å². The van der Waals surface area contributed by atoms with Crippen molar-refractivity contribution >= 4 is 27.5 Å². The lowest BCUT2D eigenvalue weighted by Crippen LogP contribution is -2.36. The minimum absolute atomic E-state index is 0.206. The van der Waals surface area contributed by atoms with Crippen LogP contribution in [-0.2, 0) is 11.0 Å². The highest BCUT2D eigenvalue weighted by Gasteiger charge is 2.39. The highest BCUT2D eigenvalue weighted by atomic mass is 32.1. The summed E-state index contributed by atoms with van der Waals surface area (Å²) in [6.07, 6.45) is -4.65. The first-order chi connectivity index (χ1) is 18.1. The number of hydrogen-bond acceptors (Lipinski definition) is 8. The van der Waals surface area contributed by atoms with Gasteiger partial charge in [0.2, 0.25) is 11.7 Å². The quantitative estimate of drug-likeness (QED) is 0.324. The molecule has 3 N–H and O–H groups in total. The molecule has 0 aliphatic carbocycles. The number of aliphatic hydroxyl groups excluding tert-OH is 1. The first kappa shape index (κ1) is 26.1. The number of aromatic nitrogens is 3. The van der Waals surface area contributed by atoms with Crippen molar-refractivity contribution in [1.82, 2.24) is 25.3 Å². The van der Waals surface area contributed by atoms with E-state index in [1.165, 1.54) is 7.05 Å². The Hall–Kier alpha value is -3.55. The number of likely N-dealkylation sites (tertiary alicyclic amines) is 1. The van der Waals surface area contributed by atoms with Crippen LogP contribution in [-0.4, -0.2) is 63.8 Å². The number of aromatic amines is 1. The molecule has 1 unspecified atom stereocenters. The molecular formula is C25H24F3N5O4S. The van der Waals surface area contributed by atoms with Gasteiger partial charge in [0.05, 0.1) is 22.2 Å². The number of benzene rings is 2. The van der Waals surface area contributed by atoms with Crippen molar-refractivity contribution in [2.24, 2.45) is 0 Å². The van der Waals surface area contributed by atoms with Crippen molar-refractivity contribution in [3.63, 3.8) is 0 Å². The topological polar surface area (TPSA) is 124 Å². The number of nitrogens with one attached hydrogen (secondary N) is 2. The predicted octanol–water partition coefficient (Wildman–Crippen LogP) is 3.34. The third-order valence-electron chi connectivity index (χ3n) is 6.68. The van der Waals surface area contributed by atoms with E-state index in [0.717, 1.165) is 16.0 Å². The number of hydrogen-bond donors (Lipinski definition) is 3. The molecule has 0 radical (unpaired) electrons. The molecule has 38 heavy (non-hydrogen) atoms. The zero-order chi connectivity index (χ0) is 27.0. The summed E-state index contributed by atoms with van der Waals surface area (Å²) in [5, 5.41) is 16.3. The van der Waals surface area contributed by atoms with Gasteiger partial charge < -0.3 is 24.8 Å². The number of amides is 1. The molecule has 9 nitrogen and oxygen atoms in total. The summed E-state index contributed by atoms with van der Waals surface area (Å²) in [5.41, 5.74) is 2.26. The van der Waals surface area contributed by atoms with Crippen LogP contribution in [0.4, 0.5) is 13.2 Å². The summed E-state index contributed by atoms with van der Waals surface area (Å²) >= 11 is 1.07. The fourth-order valence-electron chi connectivity index (χ4n) is 4.91. The number of rotatable bonds is 7. The van der Waals surface area contributed by atoms with Crippen molar-refractivity contribution in [2.45, 2.75) is 30.5 Å². The van der Waals surface area contributed by atoms with Gasteiger partial charge in [0.15, 0.2) is 0 Å². The van der Waals surface area contributed by atoms with Crippen molar-refractivity contribution in [1.29, 1.82) is 0 Å². The number of H-pyrrole nitrogens is 1. The van der Waals surface area contributed by atoms with Crippen LogP contribution in [0.2, 0.25) is 0 Å². The molecule has 1 amide bonds. The molecule has 1 aliphatic rings. The smallest absolute Gasteiger partial charge is 0.392 e. The molecule has 0 saturated carbocycles. The Kier molecular flexibility index (Phi) is 7.07. The number of carbonyl (C=O) groups is 1. The third-order valence-corrected chi connectivity index (χ3v) is 7.54. The predicted molar refractivity (Wildman–Crippen MR) is 134 cm³/mol. The van der Waals surface area contributed by atoms with E-state index in [0.29, 0.717) is 48.3 Å². The van der Waals surface area contributed by atoms with Crippen molar-refractivity contribution in [3.05, 3.63) is 69.1 Å². The van der Waals surface area contributed by atoms with E-state index in [1.54, 1.807) is 42.5 Å². The first-order valence-electron chi connectivity index (χ1n) is 11.9. The van der Waals surface area contributed by atoms with Crippen LogP contribution in [0.3, 0.4) is 0 Å². The maximum Gasteiger partial charge on any atom is 0.471 e. The lowest BCUT2D eigenvalue weighted by molar-refractivity contribution is -0.159. The fourth-order valence-corrected chi connectivity index (χ4v) is 5.63. The monoisotopic (exact) mass is 547 g/mol. The van der Waals surface area contributed by atoms with E-state index >= 15 is 0 Å². The number of alkyl halides is 3. The average Bonchev–Trinajstić information content (AvgIpc) is 3.62. The third kappa shape index (κ3) is 5.35. The van der Waals surface area contributed by atoms with Gasteiger partial charge >= 0.3 is 16.9 Å². The molecule has 3 atom stereocenters. The van der Waals surface area contributed by atoms with E-state index in [-0.39, 0.29) is 16.6 Å². The highest BCUT2D eigenvalue weighted by molar-refractivity contribution is 7.16. The largest absolute Gasteiger partial charge is 0.471 e. The fraction of sp³-hybridized carbons (Fsp3) is 0.360. The maximum absolute atomic E-state index is 13.4. The van der Waals surface area contributed by atoms with E-state index in [2.05, 4.69) is 29.9 Å². The molecule has 2 aromatic carbocycles. The minimum Gasteiger partial charge on any atom is -0.392 e. The number of halogens is 3. The molecule has 1 saturated heterocycles. The Morgan fingerprint density at radius 3 is 2.79 bits per heavy atom. The van der Waals surface area contributed by atoms with E-state index in [1.807, 2.05) is 0 Å². The highest BCUT2D eigenvalue weighted by Crippen LogP contribution is 2.38. The van der Waals surface area contributed by atoms with Gasteiger partial charge in [-0.3, -0.25) is 9.59 Å². The molecule has 3 heterocycles. The van der Waals surface area contributed by atoms with Crippen molar-refractivity contribution in [3.8, 4) is 11.4 Å². The number of likely N-dealkylation sites (N-methyl/N-ethyl adjacent to an activating group) is 1. The van der Waals surface area contributed by atoms with Gasteiger partial charge in [0.25, 0.3) is 0 Å². The van der Waals surface area contributed by atoms with Crippen molar-refractivity contribution in [2.75, 3.05) is 26.7 Å². The average molecular weight is 548 g/mol. The van der Waals surface area contributed by atoms with Crippen LogP contribution >= 0.6 is 11.3 Å².